The molecule has 5 rings (SSSR count). The molecule has 1 aliphatic rings. The third-order valence-corrected chi connectivity index (χ3v) is 9.58. The van der Waals surface area contributed by atoms with E-state index in [4.69, 9.17) is 18.9 Å². The quantitative estimate of drug-likeness (QED) is 0.101. The number of aromatic nitrogens is 3. The van der Waals surface area contributed by atoms with Crippen LogP contribution in [0, 0.1) is 0 Å². The molecule has 312 valence electrons. The number of nitrogens with zero attached hydrogens (tertiary/aromatic N) is 5. The summed E-state index contributed by atoms with van der Waals surface area (Å²) in [4.78, 5) is 80.6. The lowest BCUT2D eigenvalue weighted by molar-refractivity contribution is -0.221. The molecule has 1 aliphatic heterocycles. The molecule has 1 fully saturated rings. The van der Waals surface area contributed by atoms with Crippen molar-refractivity contribution >= 4 is 29.6 Å². The van der Waals surface area contributed by atoms with Gasteiger partial charge < -0.3 is 24.3 Å². The fourth-order valence-corrected chi connectivity index (χ4v) is 6.92. The summed E-state index contributed by atoms with van der Waals surface area (Å²) in [5, 5.41) is 2.88. The van der Waals surface area contributed by atoms with Crippen molar-refractivity contribution in [3.8, 4) is 0 Å². The van der Waals surface area contributed by atoms with E-state index in [0.717, 1.165) is 22.6 Å². The van der Waals surface area contributed by atoms with Crippen LogP contribution >= 0.6 is 0 Å². The molecule has 0 spiro atoms. The first-order valence-electron chi connectivity index (χ1n) is 19.6. The van der Waals surface area contributed by atoms with E-state index in [1.54, 1.807) is 37.6 Å². The summed E-state index contributed by atoms with van der Waals surface area (Å²) in [6, 6.07) is 23.8. The molecule has 59 heavy (non-hydrogen) atoms. The molecule has 0 radical (unpaired) electrons. The van der Waals surface area contributed by atoms with Crippen LogP contribution in [0.15, 0.2) is 97.5 Å². The fraction of sp³-hybridized carbons (Fsp3) is 0.409. The number of esters is 3. The van der Waals surface area contributed by atoms with Crippen molar-refractivity contribution in [2.45, 2.75) is 90.6 Å². The van der Waals surface area contributed by atoms with Gasteiger partial charge in [0.2, 0.25) is 5.91 Å². The molecular weight excluding hydrogens is 757 g/mol. The van der Waals surface area contributed by atoms with E-state index < -0.39 is 54.3 Å². The van der Waals surface area contributed by atoms with Crippen molar-refractivity contribution in [1.82, 2.24) is 30.1 Å². The van der Waals surface area contributed by atoms with Crippen LogP contribution < -0.4 is 5.32 Å². The lowest BCUT2D eigenvalue weighted by Gasteiger charge is -2.44. The van der Waals surface area contributed by atoms with Crippen LogP contribution in [0.3, 0.4) is 0 Å². The van der Waals surface area contributed by atoms with Gasteiger partial charge in [-0.2, -0.15) is 0 Å². The Morgan fingerprint density at radius 2 is 1.14 bits per heavy atom. The summed E-state index contributed by atoms with van der Waals surface area (Å²) in [5.41, 5.74) is 4.24. The van der Waals surface area contributed by atoms with Gasteiger partial charge in [0, 0.05) is 78.5 Å². The molecule has 15 nitrogen and oxygen atoms in total. The van der Waals surface area contributed by atoms with Gasteiger partial charge in [0.15, 0.2) is 18.0 Å². The molecule has 4 heterocycles. The highest BCUT2D eigenvalue weighted by atomic mass is 16.6. The third kappa shape index (κ3) is 14.8. The Morgan fingerprint density at radius 3 is 1.63 bits per heavy atom. The van der Waals surface area contributed by atoms with Crippen LogP contribution in [0.1, 0.15) is 55.9 Å². The Bertz CT molecular complexity index is 1930. The average molecular weight is 809 g/mol. The maximum Gasteiger partial charge on any atom is 0.303 e. The van der Waals surface area contributed by atoms with Crippen LogP contribution in [0.25, 0.3) is 0 Å². The highest BCUT2D eigenvalue weighted by molar-refractivity contribution is 5.83. The number of carbonyl (C=O) groups excluding carboxylic acids is 5. The minimum Gasteiger partial charge on any atom is -0.463 e. The maximum absolute atomic E-state index is 13.6. The molecular formula is C44H52N6O9. The van der Waals surface area contributed by atoms with Gasteiger partial charge in [0.1, 0.15) is 12.7 Å². The van der Waals surface area contributed by atoms with Gasteiger partial charge >= 0.3 is 17.9 Å². The molecule has 1 N–H and O–H groups in total. The summed E-state index contributed by atoms with van der Waals surface area (Å²) in [6.45, 7) is 8.29. The number of ketones is 1. The molecule has 0 saturated carbocycles. The Balaban J connectivity index is 1.20. The van der Waals surface area contributed by atoms with Gasteiger partial charge in [0.25, 0.3) is 0 Å². The van der Waals surface area contributed by atoms with Crippen molar-refractivity contribution < 1.29 is 42.9 Å². The Labute approximate surface area is 344 Å². The molecule has 1 aromatic carbocycles. The fourth-order valence-electron chi connectivity index (χ4n) is 6.92. The zero-order valence-electron chi connectivity index (χ0n) is 33.9. The Morgan fingerprint density at radius 1 is 0.644 bits per heavy atom. The number of ether oxygens (including phenoxy) is 4. The highest BCUT2D eigenvalue weighted by Gasteiger charge is 2.49. The standard InChI is InChI=1S/C44H52N6O9/c1-30-42(44(59-33(4)53)43(58-32(3)52)40(57-30)29-56-31(2)51)48-41(55)24-35-16-14-34(15-17-35)23-39(54)28-50(27-38-13-7-10-20-47-38)22-21-49(25-36-11-5-8-18-45-36)26-37-12-6-9-19-46-37/h5-20,30,40,42-44H,21-29H2,1-4H3,(H,48,55)/t30?,40-,42+,43-,44-/m1/s1. The normalized spacial score (nSPS) is 18.8. The van der Waals surface area contributed by atoms with Crippen LogP contribution in [-0.4, -0.2) is 111 Å². The lowest BCUT2D eigenvalue weighted by Crippen LogP contribution is -2.65. The van der Waals surface area contributed by atoms with Gasteiger partial charge in [0.05, 0.1) is 42.2 Å². The molecule has 5 atom stereocenters. The SMILES string of the molecule is CC(=O)OC[C@H]1OC(C)[C@H](NC(=O)Cc2ccc(CC(=O)CN(CCN(Cc3ccccn3)Cc3ccccn3)Cc3ccccn3)cc2)[C@@H](OC(C)=O)[C@@H]1OC(C)=O. The van der Waals surface area contributed by atoms with Crippen molar-refractivity contribution in [3.63, 3.8) is 0 Å². The highest BCUT2D eigenvalue weighted by Crippen LogP contribution is 2.27. The summed E-state index contributed by atoms with van der Waals surface area (Å²) in [5.74, 6) is -2.24. The molecule has 4 aromatic rings. The van der Waals surface area contributed by atoms with Gasteiger partial charge in [-0.05, 0) is 54.4 Å². The molecule has 0 aliphatic carbocycles. The van der Waals surface area contributed by atoms with Gasteiger partial charge in [-0.1, -0.05) is 42.5 Å². The molecule has 15 heteroatoms. The molecule has 1 unspecified atom stereocenters. The van der Waals surface area contributed by atoms with E-state index in [-0.39, 0.29) is 31.8 Å². The van der Waals surface area contributed by atoms with Crippen molar-refractivity contribution in [2.75, 3.05) is 26.2 Å². The van der Waals surface area contributed by atoms with E-state index in [1.807, 2.05) is 66.7 Å². The zero-order chi connectivity index (χ0) is 42.1. The van der Waals surface area contributed by atoms with Crippen molar-refractivity contribution in [1.29, 1.82) is 0 Å². The molecule has 1 amide bonds. The summed E-state index contributed by atoms with van der Waals surface area (Å²) < 4.78 is 22.2. The maximum atomic E-state index is 13.6. The van der Waals surface area contributed by atoms with Gasteiger partial charge in [-0.3, -0.25) is 48.7 Å². The number of nitrogens with one attached hydrogen (secondary N) is 1. The minimum absolute atomic E-state index is 0.0231. The number of hydrogen-bond acceptors (Lipinski definition) is 14. The summed E-state index contributed by atoms with van der Waals surface area (Å²) >= 11 is 0. The average Bonchev–Trinajstić information content (AvgIpc) is 3.20. The smallest absolute Gasteiger partial charge is 0.303 e. The third-order valence-electron chi connectivity index (χ3n) is 9.58. The van der Waals surface area contributed by atoms with Crippen LogP contribution in [-0.2, 0) is 75.4 Å². The number of rotatable bonds is 20. The molecule has 0 bridgehead atoms. The van der Waals surface area contributed by atoms with E-state index >= 15 is 0 Å². The zero-order valence-corrected chi connectivity index (χ0v) is 33.9. The van der Waals surface area contributed by atoms with Crippen molar-refractivity contribution in [3.05, 3.63) is 126 Å². The van der Waals surface area contributed by atoms with Crippen molar-refractivity contribution in [2.24, 2.45) is 0 Å². The van der Waals surface area contributed by atoms with Gasteiger partial charge in [-0.15, -0.1) is 0 Å². The number of pyridine rings is 3. The van der Waals surface area contributed by atoms with Crippen LogP contribution in [0.5, 0.6) is 0 Å². The first-order valence-corrected chi connectivity index (χ1v) is 19.6. The number of amides is 1. The second-order valence-electron chi connectivity index (χ2n) is 14.5. The predicted octanol–water partition coefficient (Wildman–Crippen LogP) is 3.43. The first-order chi connectivity index (χ1) is 28.4. The number of carbonyl (C=O) groups is 5. The Hall–Kier alpha value is -5.90. The molecule has 3 aromatic heterocycles. The summed E-state index contributed by atoms with van der Waals surface area (Å²) in [7, 11) is 0. The number of hydrogen-bond donors (Lipinski definition) is 1. The monoisotopic (exact) mass is 808 g/mol. The van der Waals surface area contributed by atoms with Crippen LogP contribution in [0.2, 0.25) is 0 Å². The van der Waals surface area contributed by atoms with E-state index in [2.05, 4.69) is 30.1 Å². The minimum atomic E-state index is -1.15. The number of Topliss-reactive ketones (excluding diaryl/α,β-unsaturated/α-hetero) is 1. The lowest BCUT2D eigenvalue weighted by atomic mass is 9.92. The first kappa shape index (κ1) is 44.2. The van der Waals surface area contributed by atoms with E-state index in [9.17, 15) is 24.0 Å². The molecule has 1 saturated heterocycles. The summed E-state index contributed by atoms with van der Waals surface area (Å²) in [6.07, 6.45) is 1.59. The van der Waals surface area contributed by atoms with Crippen LogP contribution in [0.4, 0.5) is 0 Å². The van der Waals surface area contributed by atoms with E-state index in [0.29, 0.717) is 38.3 Å². The predicted molar refractivity (Wildman–Crippen MR) is 215 cm³/mol. The van der Waals surface area contributed by atoms with E-state index in [1.165, 1.54) is 20.8 Å². The topological polar surface area (TPSA) is 179 Å². The van der Waals surface area contributed by atoms with Gasteiger partial charge in [-0.25, -0.2) is 0 Å². The second kappa shape index (κ2) is 22.3. The number of benzene rings is 1. The largest absolute Gasteiger partial charge is 0.463 e. The second-order valence-corrected chi connectivity index (χ2v) is 14.5. The Kier molecular flexibility index (Phi) is 16.7.